The Hall–Kier alpha value is -1.58. The van der Waals surface area contributed by atoms with Crippen molar-refractivity contribution >= 4 is 11.6 Å². The summed E-state index contributed by atoms with van der Waals surface area (Å²) in [5.74, 6) is 0.809. The molecule has 1 N–H and O–H groups in total. The van der Waals surface area contributed by atoms with Gasteiger partial charge >= 0.3 is 0 Å². The number of halogens is 1. The van der Waals surface area contributed by atoms with Crippen LogP contribution in [0.2, 0.25) is 5.02 Å². The molecule has 0 bridgehead atoms. The molecule has 1 heterocycles. The van der Waals surface area contributed by atoms with E-state index in [-0.39, 0.29) is 0 Å². The van der Waals surface area contributed by atoms with Crippen molar-refractivity contribution in [3.05, 3.63) is 58.4 Å². The van der Waals surface area contributed by atoms with Crippen molar-refractivity contribution in [3.8, 4) is 5.75 Å². The van der Waals surface area contributed by atoms with Gasteiger partial charge in [0.25, 0.3) is 0 Å². The lowest BCUT2D eigenvalue weighted by Crippen LogP contribution is -2.21. The van der Waals surface area contributed by atoms with E-state index in [2.05, 4.69) is 30.2 Å². The van der Waals surface area contributed by atoms with E-state index in [0.29, 0.717) is 12.6 Å². The van der Waals surface area contributed by atoms with Crippen LogP contribution in [0.5, 0.6) is 5.75 Å². The van der Waals surface area contributed by atoms with Gasteiger partial charge in [0.1, 0.15) is 12.4 Å². The number of nitrogens with one attached hydrogen (secondary N) is 1. The SMILES string of the molecule is Cc1cc(OCc2ccc(CNC(C)C)cn2)ccc1Cl. The van der Waals surface area contributed by atoms with E-state index in [1.807, 2.05) is 37.4 Å². The van der Waals surface area contributed by atoms with Crippen LogP contribution in [0.25, 0.3) is 0 Å². The Morgan fingerprint density at radius 2 is 2.05 bits per heavy atom. The summed E-state index contributed by atoms with van der Waals surface area (Å²) in [6, 6.07) is 10.2. The van der Waals surface area contributed by atoms with Crippen molar-refractivity contribution in [3.63, 3.8) is 0 Å². The summed E-state index contributed by atoms with van der Waals surface area (Å²) in [5, 5.41) is 4.12. The van der Waals surface area contributed by atoms with Gasteiger partial charge in [-0.05, 0) is 42.3 Å². The second-order valence-corrected chi connectivity index (χ2v) is 5.80. The van der Waals surface area contributed by atoms with Crippen LogP contribution >= 0.6 is 11.6 Å². The Labute approximate surface area is 131 Å². The van der Waals surface area contributed by atoms with Crippen molar-refractivity contribution < 1.29 is 4.74 Å². The van der Waals surface area contributed by atoms with Crippen LogP contribution in [-0.2, 0) is 13.2 Å². The van der Waals surface area contributed by atoms with Gasteiger partial charge in [-0.25, -0.2) is 0 Å². The molecule has 1 aromatic carbocycles. The summed E-state index contributed by atoms with van der Waals surface area (Å²) in [7, 11) is 0. The van der Waals surface area contributed by atoms with Gasteiger partial charge in [-0.1, -0.05) is 31.5 Å². The monoisotopic (exact) mass is 304 g/mol. The van der Waals surface area contributed by atoms with Crippen molar-refractivity contribution in [1.82, 2.24) is 10.3 Å². The number of aryl methyl sites for hydroxylation is 1. The fourth-order valence-corrected chi connectivity index (χ4v) is 1.95. The quantitative estimate of drug-likeness (QED) is 0.871. The van der Waals surface area contributed by atoms with E-state index < -0.39 is 0 Å². The Morgan fingerprint density at radius 1 is 1.24 bits per heavy atom. The first-order valence-electron chi connectivity index (χ1n) is 7.11. The number of hydrogen-bond acceptors (Lipinski definition) is 3. The zero-order valence-electron chi connectivity index (χ0n) is 12.7. The van der Waals surface area contributed by atoms with Crippen molar-refractivity contribution in [1.29, 1.82) is 0 Å². The number of benzene rings is 1. The summed E-state index contributed by atoms with van der Waals surface area (Å²) in [6.07, 6.45) is 1.89. The van der Waals surface area contributed by atoms with Crippen molar-refractivity contribution in [2.24, 2.45) is 0 Å². The smallest absolute Gasteiger partial charge is 0.130 e. The Bertz CT molecular complexity index is 582. The number of aromatic nitrogens is 1. The zero-order valence-corrected chi connectivity index (χ0v) is 13.4. The molecule has 0 unspecified atom stereocenters. The highest BCUT2D eigenvalue weighted by Crippen LogP contribution is 2.21. The molecular weight excluding hydrogens is 284 g/mol. The van der Waals surface area contributed by atoms with Crippen LogP contribution in [0.3, 0.4) is 0 Å². The molecule has 0 radical (unpaired) electrons. The van der Waals surface area contributed by atoms with Crippen LogP contribution < -0.4 is 10.1 Å². The van der Waals surface area contributed by atoms with Gasteiger partial charge in [0, 0.05) is 23.8 Å². The third-order valence-electron chi connectivity index (χ3n) is 3.12. The van der Waals surface area contributed by atoms with Gasteiger partial charge < -0.3 is 10.1 Å². The predicted octanol–water partition coefficient (Wildman–Crippen LogP) is 4.12. The van der Waals surface area contributed by atoms with Gasteiger partial charge in [-0.3, -0.25) is 4.98 Å². The maximum absolute atomic E-state index is 5.99. The van der Waals surface area contributed by atoms with E-state index in [1.165, 1.54) is 5.56 Å². The minimum Gasteiger partial charge on any atom is -0.487 e. The standard InChI is InChI=1S/C17H21ClN2O/c1-12(2)19-9-14-4-5-15(20-10-14)11-21-16-6-7-17(18)13(3)8-16/h4-8,10,12,19H,9,11H2,1-3H3. The molecule has 112 valence electrons. The maximum Gasteiger partial charge on any atom is 0.130 e. The largest absolute Gasteiger partial charge is 0.487 e. The van der Waals surface area contributed by atoms with Crippen LogP contribution in [0.15, 0.2) is 36.5 Å². The topological polar surface area (TPSA) is 34.1 Å². The molecule has 0 saturated carbocycles. The second-order valence-electron chi connectivity index (χ2n) is 5.39. The van der Waals surface area contributed by atoms with Crippen LogP contribution in [0, 0.1) is 6.92 Å². The van der Waals surface area contributed by atoms with E-state index in [9.17, 15) is 0 Å². The van der Waals surface area contributed by atoms with Gasteiger partial charge in [0.2, 0.25) is 0 Å². The van der Waals surface area contributed by atoms with E-state index in [0.717, 1.165) is 28.6 Å². The first-order chi connectivity index (χ1) is 10.0. The fourth-order valence-electron chi connectivity index (χ4n) is 1.83. The molecular formula is C17H21ClN2O. The van der Waals surface area contributed by atoms with E-state index in [4.69, 9.17) is 16.3 Å². The molecule has 0 atom stereocenters. The molecule has 0 fully saturated rings. The highest BCUT2D eigenvalue weighted by atomic mass is 35.5. The highest BCUT2D eigenvalue weighted by Gasteiger charge is 2.01. The molecule has 0 aliphatic rings. The van der Waals surface area contributed by atoms with Crippen molar-refractivity contribution in [2.45, 2.75) is 40.0 Å². The van der Waals surface area contributed by atoms with Crippen LogP contribution in [0.4, 0.5) is 0 Å². The zero-order chi connectivity index (χ0) is 15.2. The molecule has 3 nitrogen and oxygen atoms in total. The Kier molecular flexibility index (Phi) is 5.59. The summed E-state index contributed by atoms with van der Waals surface area (Å²) in [6.45, 7) is 7.51. The minimum absolute atomic E-state index is 0.457. The highest BCUT2D eigenvalue weighted by molar-refractivity contribution is 6.31. The lowest BCUT2D eigenvalue weighted by Gasteiger charge is -2.09. The summed E-state index contributed by atoms with van der Waals surface area (Å²) in [4.78, 5) is 4.42. The van der Waals surface area contributed by atoms with Crippen molar-refractivity contribution in [2.75, 3.05) is 0 Å². The van der Waals surface area contributed by atoms with Gasteiger partial charge in [-0.15, -0.1) is 0 Å². The molecule has 0 aliphatic heterocycles. The van der Waals surface area contributed by atoms with Gasteiger partial charge in [0.15, 0.2) is 0 Å². The number of nitrogens with zero attached hydrogens (tertiary/aromatic N) is 1. The average Bonchev–Trinajstić information content (AvgIpc) is 2.47. The van der Waals surface area contributed by atoms with E-state index in [1.54, 1.807) is 0 Å². The molecule has 2 rings (SSSR count). The molecule has 0 aliphatic carbocycles. The molecule has 0 amide bonds. The summed E-state index contributed by atoms with van der Waals surface area (Å²) >= 11 is 5.99. The third kappa shape index (κ3) is 5.03. The molecule has 4 heteroatoms. The predicted molar refractivity (Wildman–Crippen MR) is 86.7 cm³/mol. The van der Waals surface area contributed by atoms with E-state index >= 15 is 0 Å². The first kappa shape index (κ1) is 15.8. The number of rotatable bonds is 6. The molecule has 0 spiro atoms. The number of hydrogen-bond donors (Lipinski definition) is 1. The fraction of sp³-hybridized carbons (Fsp3) is 0.353. The summed E-state index contributed by atoms with van der Waals surface area (Å²) < 4.78 is 5.73. The lowest BCUT2D eigenvalue weighted by molar-refractivity contribution is 0.301. The number of ether oxygens (including phenoxy) is 1. The van der Waals surface area contributed by atoms with Gasteiger partial charge in [0.05, 0.1) is 5.69 Å². The first-order valence-corrected chi connectivity index (χ1v) is 7.48. The average molecular weight is 305 g/mol. The lowest BCUT2D eigenvalue weighted by atomic mass is 10.2. The minimum atomic E-state index is 0.457. The molecule has 0 saturated heterocycles. The molecule has 21 heavy (non-hydrogen) atoms. The molecule has 1 aromatic heterocycles. The van der Waals surface area contributed by atoms with Crippen LogP contribution in [0.1, 0.15) is 30.7 Å². The Balaban J connectivity index is 1.89. The number of pyridine rings is 1. The second kappa shape index (κ2) is 7.43. The normalized spacial score (nSPS) is 10.9. The third-order valence-corrected chi connectivity index (χ3v) is 3.54. The van der Waals surface area contributed by atoms with Gasteiger partial charge in [-0.2, -0.15) is 0 Å². The Morgan fingerprint density at radius 3 is 2.67 bits per heavy atom. The molecule has 2 aromatic rings. The summed E-state index contributed by atoms with van der Waals surface area (Å²) in [5.41, 5.74) is 3.10. The van der Waals surface area contributed by atoms with Crippen LogP contribution in [-0.4, -0.2) is 11.0 Å². The maximum atomic E-state index is 5.99.